The number of ketones is 2. The molecule has 0 saturated carbocycles. The molecule has 11 nitrogen and oxygen atoms in total. The maximum absolute atomic E-state index is 14.1. The Morgan fingerprint density at radius 1 is 0.744 bits per heavy atom. The monoisotopic (exact) mass is 533 g/mol. The first-order chi connectivity index (χ1) is 18.9. The van der Waals surface area contributed by atoms with Gasteiger partial charge in [0.2, 0.25) is 0 Å². The van der Waals surface area contributed by atoms with Crippen LogP contribution in [0.2, 0.25) is 0 Å². The van der Waals surface area contributed by atoms with Crippen LogP contribution in [0.3, 0.4) is 0 Å². The Morgan fingerprint density at radius 2 is 1.28 bits per heavy atom. The molecular formula is C28H31N5O6. The zero-order chi connectivity index (χ0) is 27.5. The highest BCUT2D eigenvalue weighted by atomic mass is 16.4. The molecule has 2 atom stereocenters. The summed E-state index contributed by atoms with van der Waals surface area (Å²) >= 11 is 0. The first-order valence-electron chi connectivity index (χ1n) is 13.2. The van der Waals surface area contributed by atoms with E-state index in [1.54, 1.807) is 59.5 Å². The lowest BCUT2D eigenvalue weighted by atomic mass is 10.1. The van der Waals surface area contributed by atoms with E-state index in [4.69, 9.17) is 0 Å². The van der Waals surface area contributed by atoms with Crippen LogP contribution >= 0.6 is 0 Å². The quantitative estimate of drug-likeness (QED) is 0.511. The highest BCUT2D eigenvalue weighted by Gasteiger charge is 2.48. The Kier molecular flexibility index (Phi) is 7.60. The predicted octanol–water partition coefficient (Wildman–Crippen LogP) is 1.67. The van der Waals surface area contributed by atoms with Crippen molar-refractivity contribution in [2.24, 2.45) is 0 Å². The molecule has 3 heterocycles. The van der Waals surface area contributed by atoms with Crippen molar-refractivity contribution in [2.75, 3.05) is 42.9 Å². The molecule has 2 N–H and O–H groups in total. The van der Waals surface area contributed by atoms with Gasteiger partial charge in [-0.05, 0) is 49.9 Å². The van der Waals surface area contributed by atoms with Gasteiger partial charge in [0.05, 0.1) is 11.4 Å². The van der Waals surface area contributed by atoms with Crippen molar-refractivity contribution in [1.29, 1.82) is 0 Å². The largest absolute Gasteiger partial charge is 0.480 e. The van der Waals surface area contributed by atoms with E-state index in [9.17, 15) is 29.1 Å². The molecule has 39 heavy (non-hydrogen) atoms. The molecule has 2 aromatic carbocycles. The van der Waals surface area contributed by atoms with Crippen LogP contribution in [0, 0.1) is 0 Å². The van der Waals surface area contributed by atoms with Crippen molar-refractivity contribution in [3.05, 3.63) is 54.6 Å². The number of fused-ring (bicyclic) bond motifs is 1. The van der Waals surface area contributed by atoms with E-state index in [2.05, 4.69) is 5.32 Å². The van der Waals surface area contributed by atoms with Gasteiger partial charge in [-0.3, -0.25) is 24.0 Å². The summed E-state index contributed by atoms with van der Waals surface area (Å²) in [5.74, 6) is -4.55. The number of benzene rings is 2. The third-order valence-corrected chi connectivity index (χ3v) is 7.39. The first-order valence-corrected chi connectivity index (χ1v) is 13.2. The van der Waals surface area contributed by atoms with E-state index in [1.165, 1.54) is 9.80 Å². The lowest BCUT2D eigenvalue weighted by molar-refractivity contribution is -0.152. The summed E-state index contributed by atoms with van der Waals surface area (Å²) in [7, 11) is 0. The zero-order valence-corrected chi connectivity index (χ0v) is 21.5. The van der Waals surface area contributed by atoms with Gasteiger partial charge >= 0.3 is 5.97 Å². The number of anilines is 3. The number of aliphatic carboxylic acids is 1. The average molecular weight is 534 g/mol. The minimum Gasteiger partial charge on any atom is -0.480 e. The molecule has 204 valence electrons. The Bertz CT molecular complexity index is 1270. The fraction of sp³-hybridized carbons (Fsp3) is 0.393. The van der Waals surface area contributed by atoms with E-state index in [1.807, 2.05) is 0 Å². The second-order valence-electron chi connectivity index (χ2n) is 9.94. The van der Waals surface area contributed by atoms with Crippen LogP contribution in [0.4, 0.5) is 17.1 Å². The summed E-state index contributed by atoms with van der Waals surface area (Å²) < 4.78 is 0. The molecule has 2 saturated heterocycles. The van der Waals surface area contributed by atoms with Crippen LogP contribution in [0.15, 0.2) is 54.6 Å². The second-order valence-corrected chi connectivity index (χ2v) is 9.94. The molecule has 0 radical (unpaired) electrons. The van der Waals surface area contributed by atoms with Crippen molar-refractivity contribution in [3.8, 4) is 0 Å². The topological polar surface area (TPSA) is 131 Å². The number of hydrogen-bond acceptors (Lipinski definition) is 8. The van der Waals surface area contributed by atoms with Crippen molar-refractivity contribution in [3.63, 3.8) is 0 Å². The molecular weight excluding hydrogens is 502 g/mol. The van der Waals surface area contributed by atoms with E-state index >= 15 is 0 Å². The molecule has 2 unspecified atom stereocenters. The molecule has 2 amide bonds. The van der Waals surface area contributed by atoms with Gasteiger partial charge in [-0.15, -0.1) is 0 Å². The van der Waals surface area contributed by atoms with Crippen molar-refractivity contribution >= 4 is 46.4 Å². The van der Waals surface area contributed by atoms with Gasteiger partial charge in [0.25, 0.3) is 23.4 Å². The standard InChI is InChI=1S/C28H31N5O6/c34-22(35)18-32-25(23(36)27(38)30-14-6-7-15-30)29-20-12-4-5-13-21(20)33(19-10-2-1-3-11-19)26(32)24(37)28(39)31-16-8-9-17-31/h1-5,10-13,25-26,29H,6-9,14-18H2,(H,34,35). The van der Waals surface area contributed by atoms with Gasteiger partial charge in [-0.2, -0.15) is 0 Å². The van der Waals surface area contributed by atoms with E-state index in [0.29, 0.717) is 43.2 Å². The summed E-state index contributed by atoms with van der Waals surface area (Å²) in [6.07, 6.45) is 0.0667. The van der Waals surface area contributed by atoms with Crippen LogP contribution in [0.1, 0.15) is 25.7 Å². The third-order valence-electron chi connectivity index (χ3n) is 7.39. The number of rotatable bonds is 7. The summed E-state index contributed by atoms with van der Waals surface area (Å²) in [6.45, 7) is 0.938. The molecule has 5 rings (SSSR count). The SMILES string of the molecule is O=C(O)CN1C(C(=O)C(=O)N2CCCC2)Nc2ccccc2N(c2ccccc2)C1C(=O)C(=O)N1CCCC1. The van der Waals surface area contributed by atoms with Crippen LogP contribution in [0.5, 0.6) is 0 Å². The highest BCUT2D eigenvalue weighted by molar-refractivity contribution is 6.40. The van der Waals surface area contributed by atoms with Crippen LogP contribution in [-0.2, 0) is 24.0 Å². The Hall–Kier alpha value is -4.25. The molecule has 0 spiro atoms. The van der Waals surface area contributed by atoms with Crippen molar-refractivity contribution in [2.45, 2.75) is 38.0 Å². The summed E-state index contributed by atoms with van der Waals surface area (Å²) in [5, 5.41) is 13.0. The number of amides is 2. The number of nitrogens with zero attached hydrogens (tertiary/aromatic N) is 4. The van der Waals surface area contributed by atoms with Gasteiger partial charge in [-0.25, -0.2) is 4.90 Å². The van der Waals surface area contributed by atoms with Crippen LogP contribution in [0.25, 0.3) is 0 Å². The number of carbonyl (C=O) groups is 5. The molecule has 3 aliphatic heterocycles. The minimum atomic E-state index is -1.51. The van der Waals surface area contributed by atoms with Crippen LogP contribution < -0.4 is 10.2 Å². The van der Waals surface area contributed by atoms with E-state index < -0.39 is 48.2 Å². The van der Waals surface area contributed by atoms with Gasteiger partial charge in [0, 0.05) is 31.9 Å². The van der Waals surface area contributed by atoms with Gasteiger partial charge in [0.1, 0.15) is 6.54 Å². The normalized spacial score (nSPS) is 21.2. The number of nitrogens with one attached hydrogen (secondary N) is 1. The zero-order valence-electron chi connectivity index (χ0n) is 21.5. The Labute approximate surface area is 226 Å². The summed E-state index contributed by atoms with van der Waals surface area (Å²) in [6, 6.07) is 15.7. The maximum Gasteiger partial charge on any atom is 0.317 e. The highest BCUT2D eigenvalue weighted by Crippen LogP contribution is 2.39. The number of carbonyl (C=O) groups excluding carboxylic acids is 4. The van der Waals surface area contributed by atoms with Gasteiger partial charge in [0.15, 0.2) is 12.3 Å². The van der Waals surface area contributed by atoms with Crippen molar-refractivity contribution in [1.82, 2.24) is 14.7 Å². The summed E-state index contributed by atoms with van der Waals surface area (Å²) in [5.41, 5.74) is 1.41. The maximum atomic E-state index is 14.1. The lowest BCUT2D eigenvalue weighted by Crippen LogP contribution is -2.63. The van der Waals surface area contributed by atoms with Gasteiger partial charge in [-0.1, -0.05) is 30.3 Å². The molecule has 11 heteroatoms. The molecule has 0 aromatic heterocycles. The number of carboxylic acids is 1. The molecule has 2 aromatic rings. The first kappa shape index (κ1) is 26.4. The number of para-hydroxylation sites is 3. The fourth-order valence-electron chi connectivity index (χ4n) is 5.52. The molecule has 3 aliphatic rings. The van der Waals surface area contributed by atoms with Crippen LogP contribution in [-0.4, -0.2) is 94.2 Å². The van der Waals surface area contributed by atoms with Gasteiger partial charge < -0.3 is 25.1 Å². The number of Topliss-reactive ketones (excluding diaryl/α,β-unsaturated/α-hetero) is 2. The number of likely N-dealkylation sites (tertiary alicyclic amines) is 2. The molecule has 0 aliphatic carbocycles. The molecule has 0 bridgehead atoms. The van der Waals surface area contributed by atoms with Crippen molar-refractivity contribution < 1.29 is 29.1 Å². The Morgan fingerprint density at radius 3 is 1.87 bits per heavy atom. The Balaban J connectivity index is 1.67. The minimum absolute atomic E-state index is 0.423. The number of hydrogen-bond donors (Lipinski definition) is 2. The average Bonchev–Trinajstić information content (AvgIpc) is 3.66. The van der Waals surface area contributed by atoms with E-state index in [0.717, 1.165) is 30.6 Å². The molecule has 2 fully saturated rings. The lowest BCUT2D eigenvalue weighted by Gasteiger charge is -2.39. The second kappa shape index (κ2) is 11.2. The summed E-state index contributed by atoms with van der Waals surface area (Å²) in [4.78, 5) is 72.4. The third kappa shape index (κ3) is 5.22. The number of carboxylic acid groups (broad SMARTS) is 1. The predicted molar refractivity (Wildman–Crippen MR) is 142 cm³/mol. The fourth-order valence-corrected chi connectivity index (χ4v) is 5.52. The smallest absolute Gasteiger partial charge is 0.317 e. The van der Waals surface area contributed by atoms with E-state index in [-0.39, 0.29) is 0 Å².